The van der Waals surface area contributed by atoms with E-state index in [1.165, 1.54) is 11.8 Å². The van der Waals surface area contributed by atoms with E-state index in [2.05, 4.69) is 15.6 Å². The highest BCUT2D eigenvalue weighted by molar-refractivity contribution is 8.00. The van der Waals surface area contributed by atoms with Crippen molar-refractivity contribution in [1.29, 1.82) is 0 Å². The molecule has 0 aliphatic carbocycles. The minimum Gasteiger partial charge on any atom is -0.441 e. The van der Waals surface area contributed by atoms with Gasteiger partial charge in [0, 0.05) is 28.8 Å². The minimum atomic E-state index is -0.236. The lowest BCUT2D eigenvalue weighted by atomic mass is 10.1. The second kappa shape index (κ2) is 10.2. The van der Waals surface area contributed by atoms with Gasteiger partial charge in [-0.3, -0.25) is 9.59 Å². The van der Waals surface area contributed by atoms with Gasteiger partial charge in [0.2, 0.25) is 5.91 Å². The van der Waals surface area contributed by atoms with E-state index in [9.17, 15) is 9.59 Å². The van der Waals surface area contributed by atoms with Crippen LogP contribution in [0, 0.1) is 13.8 Å². The lowest BCUT2D eigenvalue weighted by molar-refractivity contribution is -0.113. The molecule has 2 N–H and O–H groups in total. The molecule has 6 nitrogen and oxygen atoms in total. The van der Waals surface area contributed by atoms with Gasteiger partial charge in [0.15, 0.2) is 11.7 Å². The van der Waals surface area contributed by atoms with Gasteiger partial charge in [0.25, 0.3) is 5.91 Å². The molecule has 4 aromatic rings. The highest BCUT2D eigenvalue weighted by Gasteiger charge is 2.14. The molecule has 4 rings (SSSR count). The summed E-state index contributed by atoms with van der Waals surface area (Å²) >= 11 is 1.33. The first-order valence-electron chi connectivity index (χ1n) is 10.4. The van der Waals surface area contributed by atoms with Gasteiger partial charge in [-0.05, 0) is 55.5 Å². The lowest BCUT2D eigenvalue weighted by Crippen LogP contribution is -2.15. The number of carbonyl (C=O) groups excluding carboxylic acids is 2. The molecule has 2 amide bonds. The average molecular weight is 458 g/mol. The molecule has 0 bridgehead atoms. The van der Waals surface area contributed by atoms with Crippen LogP contribution in [-0.2, 0) is 4.79 Å². The Bertz CT molecular complexity index is 1260. The van der Waals surface area contributed by atoms with Crippen molar-refractivity contribution in [1.82, 2.24) is 4.98 Å². The van der Waals surface area contributed by atoms with Crippen molar-refractivity contribution in [3.63, 3.8) is 0 Å². The van der Waals surface area contributed by atoms with Gasteiger partial charge in [-0.15, -0.1) is 11.8 Å². The van der Waals surface area contributed by atoms with Gasteiger partial charge in [0.1, 0.15) is 0 Å². The van der Waals surface area contributed by atoms with Gasteiger partial charge < -0.3 is 15.1 Å². The van der Waals surface area contributed by atoms with Crippen LogP contribution in [0.4, 0.5) is 11.4 Å². The minimum absolute atomic E-state index is 0.127. The number of rotatable bonds is 7. The van der Waals surface area contributed by atoms with E-state index < -0.39 is 0 Å². The molecule has 166 valence electrons. The summed E-state index contributed by atoms with van der Waals surface area (Å²) in [5.41, 5.74) is 3.94. The molecule has 1 aromatic heterocycles. The van der Waals surface area contributed by atoms with E-state index in [1.54, 1.807) is 25.3 Å². The van der Waals surface area contributed by atoms with Crippen molar-refractivity contribution in [3.05, 3.63) is 96.0 Å². The number of oxazole rings is 1. The van der Waals surface area contributed by atoms with E-state index >= 15 is 0 Å². The number of nitrogens with one attached hydrogen (secondary N) is 2. The predicted octanol–water partition coefficient (Wildman–Crippen LogP) is 5.94. The SMILES string of the molecule is Cc1ccc(NC(=O)CSc2ccccc2C(=O)Nc2ccc(-c3cnc(C)o3)cc2)cc1. The van der Waals surface area contributed by atoms with Gasteiger partial charge in [-0.2, -0.15) is 0 Å². The quantitative estimate of drug-likeness (QED) is 0.336. The van der Waals surface area contributed by atoms with E-state index in [-0.39, 0.29) is 17.6 Å². The molecular weight excluding hydrogens is 434 g/mol. The molecular formula is C26H23N3O3S. The molecule has 0 saturated carbocycles. The van der Waals surface area contributed by atoms with Crippen molar-refractivity contribution >= 4 is 35.0 Å². The van der Waals surface area contributed by atoms with Crippen LogP contribution >= 0.6 is 11.8 Å². The van der Waals surface area contributed by atoms with Crippen molar-refractivity contribution in [2.75, 3.05) is 16.4 Å². The number of hydrogen-bond donors (Lipinski definition) is 2. The zero-order valence-corrected chi connectivity index (χ0v) is 19.1. The molecule has 3 aromatic carbocycles. The molecule has 0 atom stereocenters. The maximum atomic E-state index is 12.9. The second-order valence-corrected chi connectivity index (χ2v) is 8.49. The van der Waals surface area contributed by atoms with Crippen molar-refractivity contribution in [2.45, 2.75) is 18.7 Å². The monoisotopic (exact) mass is 457 g/mol. The number of amides is 2. The molecule has 0 fully saturated rings. The molecule has 0 aliphatic rings. The Hall–Kier alpha value is -3.84. The van der Waals surface area contributed by atoms with Crippen LogP contribution in [0.2, 0.25) is 0 Å². The summed E-state index contributed by atoms with van der Waals surface area (Å²) in [4.78, 5) is 30.1. The molecule has 0 radical (unpaired) electrons. The Kier molecular flexibility index (Phi) is 6.90. The zero-order chi connectivity index (χ0) is 23.2. The highest BCUT2D eigenvalue weighted by Crippen LogP contribution is 2.25. The molecule has 33 heavy (non-hydrogen) atoms. The molecule has 0 saturated heterocycles. The first kappa shape index (κ1) is 22.4. The van der Waals surface area contributed by atoms with Crippen molar-refractivity contribution < 1.29 is 14.0 Å². The zero-order valence-electron chi connectivity index (χ0n) is 18.3. The average Bonchev–Trinajstić information content (AvgIpc) is 3.26. The number of anilines is 2. The number of nitrogens with zero attached hydrogens (tertiary/aromatic N) is 1. The second-order valence-electron chi connectivity index (χ2n) is 7.47. The highest BCUT2D eigenvalue weighted by atomic mass is 32.2. The van der Waals surface area contributed by atoms with Crippen LogP contribution in [0.3, 0.4) is 0 Å². The molecule has 0 unspecified atom stereocenters. The molecule has 0 spiro atoms. The third-order valence-corrected chi connectivity index (χ3v) is 5.95. The maximum Gasteiger partial charge on any atom is 0.256 e. The topological polar surface area (TPSA) is 84.2 Å². The summed E-state index contributed by atoms with van der Waals surface area (Å²) in [5, 5.41) is 5.79. The Labute approximate surface area is 196 Å². The maximum absolute atomic E-state index is 12.9. The Morgan fingerprint density at radius 1 is 0.879 bits per heavy atom. The fourth-order valence-corrected chi connectivity index (χ4v) is 4.02. The summed E-state index contributed by atoms with van der Waals surface area (Å²) in [5.74, 6) is 1.11. The fourth-order valence-electron chi connectivity index (χ4n) is 3.17. The van der Waals surface area contributed by atoms with Crippen molar-refractivity contribution in [3.8, 4) is 11.3 Å². The van der Waals surface area contributed by atoms with Crippen LogP contribution in [0.5, 0.6) is 0 Å². The van der Waals surface area contributed by atoms with Crippen LogP contribution in [0.15, 0.2) is 88.3 Å². The van der Waals surface area contributed by atoms with Gasteiger partial charge in [-0.25, -0.2) is 4.98 Å². The summed E-state index contributed by atoms with van der Waals surface area (Å²) in [6.45, 7) is 3.79. The summed E-state index contributed by atoms with van der Waals surface area (Å²) < 4.78 is 5.53. The molecule has 0 aliphatic heterocycles. The number of aromatic nitrogens is 1. The van der Waals surface area contributed by atoms with Gasteiger partial charge >= 0.3 is 0 Å². The smallest absolute Gasteiger partial charge is 0.256 e. The first-order valence-corrected chi connectivity index (χ1v) is 11.4. The van der Waals surface area contributed by atoms with E-state index in [4.69, 9.17) is 4.42 Å². The summed E-state index contributed by atoms with van der Waals surface area (Å²) in [6, 6.07) is 22.2. The first-order chi connectivity index (χ1) is 16.0. The largest absolute Gasteiger partial charge is 0.441 e. The summed E-state index contributed by atoms with van der Waals surface area (Å²) in [6.07, 6.45) is 1.67. The number of thioether (sulfide) groups is 1. The van der Waals surface area contributed by atoms with Crippen LogP contribution < -0.4 is 10.6 Å². The number of benzene rings is 3. The van der Waals surface area contributed by atoms with Gasteiger partial charge in [0.05, 0.1) is 17.5 Å². The van der Waals surface area contributed by atoms with E-state index in [0.29, 0.717) is 22.9 Å². The number of hydrogen-bond acceptors (Lipinski definition) is 5. The predicted molar refractivity (Wildman–Crippen MR) is 132 cm³/mol. The number of carbonyl (C=O) groups is 2. The standard InChI is InChI=1S/C26H23N3O3S/c1-17-7-11-20(12-8-17)28-25(30)16-33-24-6-4-3-5-22(24)26(31)29-21-13-9-19(10-14-21)23-15-27-18(2)32-23/h3-15H,16H2,1-2H3,(H,28,30)(H,29,31). The third kappa shape index (κ3) is 5.90. The normalized spacial score (nSPS) is 10.6. The summed E-state index contributed by atoms with van der Waals surface area (Å²) in [7, 11) is 0. The van der Waals surface area contributed by atoms with E-state index in [1.807, 2.05) is 67.6 Å². The van der Waals surface area contributed by atoms with Crippen LogP contribution in [0.1, 0.15) is 21.8 Å². The van der Waals surface area contributed by atoms with Crippen LogP contribution in [0.25, 0.3) is 11.3 Å². The lowest BCUT2D eigenvalue weighted by Gasteiger charge is -2.11. The Morgan fingerprint density at radius 2 is 1.55 bits per heavy atom. The molecule has 7 heteroatoms. The van der Waals surface area contributed by atoms with E-state index in [0.717, 1.165) is 21.7 Å². The van der Waals surface area contributed by atoms with Gasteiger partial charge in [-0.1, -0.05) is 29.8 Å². The fraction of sp³-hybridized carbons (Fsp3) is 0.115. The molecule has 1 heterocycles. The van der Waals surface area contributed by atoms with Crippen molar-refractivity contribution in [2.24, 2.45) is 0 Å². The number of aryl methyl sites for hydroxylation is 2. The Morgan fingerprint density at radius 3 is 2.24 bits per heavy atom. The Balaban J connectivity index is 1.38. The van der Waals surface area contributed by atoms with Crippen LogP contribution in [-0.4, -0.2) is 22.6 Å². The third-order valence-electron chi connectivity index (χ3n) is 4.87.